The van der Waals surface area contributed by atoms with Crippen LogP contribution in [0.3, 0.4) is 0 Å². The summed E-state index contributed by atoms with van der Waals surface area (Å²) in [6.45, 7) is 5.30. The predicted octanol–water partition coefficient (Wildman–Crippen LogP) is 1.58. The summed E-state index contributed by atoms with van der Waals surface area (Å²) in [5.41, 5.74) is 3.06. The van der Waals surface area contributed by atoms with Gasteiger partial charge in [0, 0.05) is 49.3 Å². The molecule has 1 aliphatic heterocycles. The number of aliphatic hydroxyl groups excluding tert-OH is 1. The second-order valence-corrected chi connectivity index (χ2v) is 7.13. The molecule has 0 spiro atoms. The highest BCUT2D eigenvalue weighted by Crippen LogP contribution is 2.33. The Bertz CT molecular complexity index is 931. The molecule has 1 amide bonds. The van der Waals surface area contributed by atoms with E-state index < -0.39 is 0 Å². The Kier molecular flexibility index (Phi) is 4.20. The number of amides is 1. The molecule has 0 bridgehead atoms. The molecule has 0 aliphatic carbocycles. The molecule has 0 unspecified atom stereocenters. The number of carbonyl (C=O) groups excluding carboxylic acids is 1. The fourth-order valence-electron chi connectivity index (χ4n) is 3.58. The summed E-state index contributed by atoms with van der Waals surface area (Å²) in [4.78, 5) is 14.7. The van der Waals surface area contributed by atoms with Crippen molar-refractivity contribution in [2.75, 3.05) is 19.7 Å². The third-order valence-electron chi connectivity index (χ3n) is 5.10. The second kappa shape index (κ2) is 6.53. The Morgan fingerprint density at radius 2 is 2.12 bits per heavy atom. The number of aliphatic hydroxyl groups is 1. The summed E-state index contributed by atoms with van der Waals surface area (Å²) in [7, 11) is 0. The Hall–Kier alpha value is -2.74. The van der Waals surface area contributed by atoms with Gasteiger partial charge < -0.3 is 10.0 Å². The molecule has 3 aromatic rings. The molecular weight excluding hydrogens is 332 g/mol. The first kappa shape index (κ1) is 16.7. The minimum atomic E-state index is -0.0490. The van der Waals surface area contributed by atoms with E-state index in [1.807, 2.05) is 17.1 Å². The van der Waals surface area contributed by atoms with Gasteiger partial charge in [-0.2, -0.15) is 20.5 Å². The van der Waals surface area contributed by atoms with Crippen molar-refractivity contribution in [3.63, 3.8) is 0 Å². The smallest absolute Gasteiger partial charge is 0.253 e. The van der Waals surface area contributed by atoms with E-state index in [2.05, 4.69) is 34.4 Å². The lowest BCUT2D eigenvalue weighted by Gasteiger charge is -2.16. The van der Waals surface area contributed by atoms with Crippen molar-refractivity contribution in [1.29, 1.82) is 0 Å². The fourth-order valence-corrected chi connectivity index (χ4v) is 3.58. The van der Waals surface area contributed by atoms with E-state index >= 15 is 0 Å². The molecule has 0 radical (unpaired) electrons. The van der Waals surface area contributed by atoms with Crippen molar-refractivity contribution in [3.05, 3.63) is 41.7 Å². The van der Waals surface area contributed by atoms with Crippen LogP contribution in [0.1, 0.15) is 41.7 Å². The number of fused-ring (bicyclic) bond motifs is 1. The second-order valence-electron chi connectivity index (χ2n) is 7.13. The minimum Gasteiger partial charge on any atom is -0.396 e. The van der Waals surface area contributed by atoms with Crippen LogP contribution in [0.25, 0.3) is 11.0 Å². The molecule has 8 heteroatoms. The normalized spacial score (nSPS) is 20.4. The maximum absolute atomic E-state index is 12.9. The van der Waals surface area contributed by atoms with Gasteiger partial charge in [-0.25, -0.2) is 0 Å². The maximum Gasteiger partial charge on any atom is 0.253 e. The SMILES string of the molecule is CC(C)n1cc([C@@H]2CN(C(=O)c3ccc4n[nH]nc4c3)C[C@H]2CO)cn1. The molecule has 4 rings (SSSR count). The molecule has 136 valence electrons. The van der Waals surface area contributed by atoms with Crippen molar-refractivity contribution in [2.45, 2.75) is 25.8 Å². The summed E-state index contributed by atoms with van der Waals surface area (Å²) in [6, 6.07) is 5.59. The molecule has 3 heterocycles. The van der Waals surface area contributed by atoms with E-state index in [1.165, 1.54) is 0 Å². The lowest BCUT2D eigenvalue weighted by molar-refractivity contribution is 0.0781. The summed E-state index contributed by atoms with van der Waals surface area (Å²) in [5.74, 6) is 0.0545. The van der Waals surface area contributed by atoms with E-state index in [0.29, 0.717) is 24.2 Å². The van der Waals surface area contributed by atoms with E-state index in [0.717, 1.165) is 11.1 Å². The number of aromatic nitrogens is 5. The van der Waals surface area contributed by atoms with Crippen molar-refractivity contribution in [2.24, 2.45) is 5.92 Å². The zero-order valence-electron chi connectivity index (χ0n) is 14.8. The van der Waals surface area contributed by atoms with Gasteiger partial charge in [0.05, 0.1) is 6.20 Å². The first-order chi connectivity index (χ1) is 12.6. The highest BCUT2D eigenvalue weighted by Gasteiger charge is 2.36. The molecule has 8 nitrogen and oxygen atoms in total. The Morgan fingerprint density at radius 3 is 2.85 bits per heavy atom. The van der Waals surface area contributed by atoms with Crippen LogP contribution in [0, 0.1) is 5.92 Å². The average Bonchev–Trinajstić information content (AvgIpc) is 3.37. The van der Waals surface area contributed by atoms with Gasteiger partial charge in [0.2, 0.25) is 0 Å². The van der Waals surface area contributed by atoms with Gasteiger partial charge in [0.1, 0.15) is 11.0 Å². The average molecular weight is 354 g/mol. The summed E-state index contributed by atoms with van der Waals surface area (Å²) in [6.07, 6.45) is 3.87. The number of aromatic amines is 1. The van der Waals surface area contributed by atoms with Gasteiger partial charge in [-0.05, 0) is 37.6 Å². The van der Waals surface area contributed by atoms with Crippen LogP contribution in [0.5, 0.6) is 0 Å². The van der Waals surface area contributed by atoms with E-state index in [9.17, 15) is 9.90 Å². The number of nitrogens with zero attached hydrogens (tertiary/aromatic N) is 5. The van der Waals surface area contributed by atoms with Crippen LogP contribution in [-0.2, 0) is 0 Å². The van der Waals surface area contributed by atoms with Gasteiger partial charge in [0.25, 0.3) is 5.91 Å². The predicted molar refractivity (Wildman–Crippen MR) is 95.7 cm³/mol. The van der Waals surface area contributed by atoms with Crippen LogP contribution in [0.2, 0.25) is 0 Å². The lowest BCUT2D eigenvalue weighted by atomic mass is 9.92. The molecular formula is C18H22N6O2. The van der Waals surface area contributed by atoms with Crippen LogP contribution in [-0.4, -0.2) is 60.8 Å². The molecule has 1 fully saturated rings. The third kappa shape index (κ3) is 2.86. The molecule has 2 aromatic heterocycles. The van der Waals surface area contributed by atoms with Crippen molar-refractivity contribution in [1.82, 2.24) is 30.1 Å². The Balaban J connectivity index is 1.56. The number of benzene rings is 1. The van der Waals surface area contributed by atoms with E-state index in [-0.39, 0.29) is 30.4 Å². The quantitative estimate of drug-likeness (QED) is 0.741. The first-order valence-corrected chi connectivity index (χ1v) is 8.81. The van der Waals surface area contributed by atoms with E-state index in [1.54, 1.807) is 23.1 Å². The van der Waals surface area contributed by atoms with Crippen LogP contribution >= 0.6 is 0 Å². The lowest BCUT2D eigenvalue weighted by Crippen LogP contribution is -2.29. The fraction of sp³-hybridized carbons (Fsp3) is 0.444. The molecule has 26 heavy (non-hydrogen) atoms. The molecule has 1 aromatic carbocycles. The number of likely N-dealkylation sites (tertiary alicyclic amines) is 1. The van der Waals surface area contributed by atoms with Crippen LogP contribution in [0.4, 0.5) is 0 Å². The first-order valence-electron chi connectivity index (χ1n) is 8.81. The minimum absolute atomic E-state index is 0.0135. The Labute approximate surface area is 150 Å². The maximum atomic E-state index is 12.9. The summed E-state index contributed by atoms with van der Waals surface area (Å²) >= 11 is 0. The number of carbonyl (C=O) groups is 1. The molecule has 0 saturated carbocycles. The number of H-pyrrole nitrogens is 1. The van der Waals surface area contributed by atoms with Crippen molar-refractivity contribution in [3.8, 4) is 0 Å². The highest BCUT2D eigenvalue weighted by atomic mass is 16.3. The summed E-state index contributed by atoms with van der Waals surface area (Å²) < 4.78 is 1.91. The van der Waals surface area contributed by atoms with Gasteiger partial charge >= 0.3 is 0 Å². The topological polar surface area (TPSA) is 99.9 Å². The van der Waals surface area contributed by atoms with Gasteiger partial charge in [-0.15, -0.1) is 0 Å². The molecule has 1 aliphatic rings. The summed E-state index contributed by atoms with van der Waals surface area (Å²) in [5, 5.41) is 24.8. The number of rotatable bonds is 4. The standard InChI is InChI=1S/C18H22N6O2/c1-11(2)24-8-13(6-19-24)15-9-23(7-14(15)10-25)18(26)12-3-4-16-17(5-12)21-22-20-16/h3-6,8,11,14-15,25H,7,9-10H2,1-2H3,(H,20,21,22)/t14-,15-/m0/s1. The zero-order chi connectivity index (χ0) is 18.3. The van der Waals surface area contributed by atoms with Crippen LogP contribution < -0.4 is 0 Å². The van der Waals surface area contributed by atoms with Crippen molar-refractivity contribution < 1.29 is 9.90 Å². The van der Waals surface area contributed by atoms with Gasteiger partial charge in [-0.3, -0.25) is 9.48 Å². The zero-order valence-corrected chi connectivity index (χ0v) is 14.8. The van der Waals surface area contributed by atoms with Gasteiger partial charge in [-0.1, -0.05) is 0 Å². The Morgan fingerprint density at radius 1 is 1.31 bits per heavy atom. The van der Waals surface area contributed by atoms with Crippen LogP contribution in [0.15, 0.2) is 30.6 Å². The van der Waals surface area contributed by atoms with Gasteiger partial charge in [0.15, 0.2) is 0 Å². The number of nitrogens with one attached hydrogen (secondary N) is 1. The molecule has 2 N–H and O–H groups in total. The third-order valence-corrected chi connectivity index (χ3v) is 5.10. The highest BCUT2D eigenvalue weighted by molar-refractivity contribution is 5.97. The number of hydrogen-bond donors (Lipinski definition) is 2. The largest absolute Gasteiger partial charge is 0.396 e. The molecule has 1 saturated heterocycles. The molecule has 2 atom stereocenters. The monoisotopic (exact) mass is 354 g/mol. The number of hydrogen-bond acceptors (Lipinski definition) is 5. The van der Waals surface area contributed by atoms with E-state index in [4.69, 9.17) is 0 Å². The van der Waals surface area contributed by atoms with Crippen molar-refractivity contribution >= 4 is 16.9 Å².